The van der Waals surface area contributed by atoms with Gasteiger partial charge in [0, 0.05) is 12.6 Å². The summed E-state index contributed by atoms with van der Waals surface area (Å²) in [5, 5.41) is 23.4. The molecule has 1 aliphatic rings. The molecular weight excluding hydrogens is 270 g/mol. The van der Waals surface area contributed by atoms with Gasteiger partial charge in [-0.05, 0) is 31.6 Å². The Balaban J connectivity index is 1.91. The van der Waals surface area contributed by atoms with E-state index in [0.29, 0.717) is 11.7 Å². The highest BCUT2D eigenvalue weighted by molar-refractivity contribution is 6.33. The van der Waals surface area contributed by atoms with Crippen LogP contribution in [0.5, 0.6) is 0 Å². The van der Waals surface area contributed by atoms with E-state index in [1.165, 1.54) is 12.3 Å². The number of anilines is 1. The molecule has 0 saturated heterocycles. The standard InChI is InChI=1S/C12H16ClN3O3/c13-11-5-9(16(18)19)7-15-12(11)14-6-8-1-3-10(17)4-2-8/h5,7-8,10,17H,1-4,6H2,(H,14,15). The number of nitro groups is 1. The van der Waals surface area contributed by atoms with Crippen molar-refractivity contribution in [3.05, 3.63) is 27.4 Å². The SMILES string of the molecule is O=[N+]([O-])c1cnc(NCC2CCC(O)CC2)c(Cl)c1. The molecule has 1 aromatic heterocycles. The van der Waals surface area contributed by atoms with Crippen LogP contribution >= 0.6 is 11.6 Å². The first-order valence-corrected chi connectivity index (χ1v) is 6.66. The summed E-state index contributed by atoms with van der Waals surface area (Å²) < 4.78 is 0. The van der Waals surface area contributed by atoms with Crippen molar-refractivity contribution < 1.29 is 10.0 Å². The van der Waals surface area contributed by atoms with Gasteiger partial charge in [0.05, 0.1) is 16.0 Å². The number of aliphatic hydroxyl groups is 1. The lowest BCUT2D eigenvalue weighted by atomic mass is 9.87. The Bertz CT molecular complexity index is 462. The van der Waals surface area contributed by atoms with Crippen LogP contribution in [0, 0.1) is 16.0 Å². The van der Waals surface area contributed by atoms with Crippen LogP contribution in [0.1, 0.15) is 25.7 Å². The highest BCUT2D eigenvalue weighted by atomic mass is 35.5. The van der Waals surface area contributed by atoms with Crippen molar-refractivity contribution in [1.29, 1.82) is 0 Å². The molecule has 0 unspecified atom stereocenters. The predicted molar refractivity (Wildman–Crippen MR) is 72.4 cm³/mol. The van der Waals surface area contributed by atoms with Gasteiger partial charge in [-0.1, -0.05) is 11.6 Å². The van der Waals surface area contributed by atoms with Crippen molar-refractivity contribution >= 4 is 23.1 Å². The Morgan fingerprint density at radius 2 is 2.16 bits per heavy atom. The molecule has 1 heterocycles. The number of hydrogen-bond acceptors (Lipinski definition) is 5. The van der Waals surface area contributed by atoms with Crippen molar-refractivity contribution in [2.75, 3.05) is 11.9 Å². The number of aromatic nitrogens is 1. The lowest BCUT2D eigenvalue weighted by molar-refractivity contribution is -0.385. The molecule has 0 aliphatic heterocycles. The first-order valence-electron chi connectivity index (χ1n) is 6.28. The number of pyridine rings is 1. The van der Waals surface area contributed by atoms with Gasteiger partial charge in [0.25, 0.3) is 5.69 Å². The molecular formula is C12H16ClN3O3. The zero-order chi connectivity index (χ0) is 13.8. The molecule has 0 bridgehead atoms. The van der Waals surface area contributed by atoms with Crippen LogP contribution in [-0.2, 0) is 0 Å². The summed E-state index contributed by atoms with van der Waals surface area (Å²) in [6.45, 7) is 0.719. The van der Waals surface area contributed by atoms with Gasteiger partial charge in [0.1, 0.15) is 12.0 Å². The van der Waals surface area contributed by atoms with E-state index in [4.69, 9.17) is 11.6 Å². The van der Waals surface area contributed by atoms with Crippen LogP contribution in [-0.4, -0.2) is 27.7 Å². The third-order valence-electron chi connectivity index (χ3n) is 3.41. The van der Waals surface area contributed by atoms with Gasteiger partial charge in [-0.25, -0.2) is 4.98 Å². The Labute approximate surface area is 116 Å². The highest BCUT2D eigenvalue weighted by Gasteiger charge is 2.19. The van der Waals surface area contributed by atoms with Gasteiger partial charge in [0.2, 0.25) is 0 Å². The minimum Gasteiger partial charge on any atom is -0.393 e. The molecule has 0 atom stereocenters. The van der Waals surface area contributed by atoms with Crippen molar-refractivity contribution in [2.45, 2.75) is 31.8 Å². The molecule has 0 amide bonds. The van der Waals surface area contributed by atoms with Gasteiger partial charge in [-0.2, -0.15) is 0 Å². The maximum atomic E-state index is 10.6. The molecule has 104 valence electrons. The smallest absolute Gasteiger partial charge is 0.289 e. The second kappa shape index (κ2) is 6.16. The predicted octanol–water partition coefficient (Wildman–Crippen LogP) is 2.61. The fraction of sp³-hybridized carbons (Fsp3) is 0.583. The summed E-state index contributed by atoms with van der Waals surface area (Å²) >= 11 is 5.94. The van der Waals surface area contributed by atoms with E-state index in [2.05, 4.69) is 10.3 Å². The molecule has 7 heteroatoms. The maximum Gasteiger partial charge on any atom is 0.289 e. The van der Waals surface area contributed by atoms with E-state index in [-0.39, 0.29) is 16.8 Å². The number of aliphatic hydroxyl groups excluding tert-OH is 1. The van der Waals surface area contributed by atoms with E-state index in [1.807, 2.05) is 0 Å². The minimum absolute atomic E-state index is 0.115. The first kappa shape index (κ1) is 14.0. The Morgan fingerprint density at radius 1 is 1.47 bits per heavy atom. The first-order chi connectivity index (χ1) is 9.06. The van der Waals surface area contributed by atoms with E-state index < -0.39 is 4.92 Å². The van der Waals surface area contributed by atoms with E-state index in [0.717, 1.165) is 32.2 Å². The van der Waals surface area contributed by atoms with E-state index in [9.17, 15) is 15.2 Å². The van der Waals surface area contributed by atoms with Gasteiger partial charge in [0.15, 0.2) is 0 Å². The zero-order valence-corrected chi connectivity index (χ0v) is 11.1. The molecule has 0 radical (unpaired) electrons. The van der Waals surface area contributed by atoms with Gasteiger partial charge >= 0.3 is 0 Å². The van der Waals surface area contributed by atoms with Crippen molar-refractivity contribution in [3.63, 3.8) is 0 Å². The third kappa shape index (κ3) is 3.78. The lowest BCUT2D eigenvalue weighted by Crippen LogP contribution is -2.23. The fourth-order valence-corrected chi connectivity index (χ4v) is 2.48. The molecule has 1 saturated carbocycles. The van der Waals surface area contributed by atoms with E-state index in [1.54, 1.807) is 0 Å². The topological polar surface area (TPSA) is 88.3 Å². The minimum atomic E-state index is -0.523. The van der Waals surface area contributed by atoms with Crippen molar-refractivity contribution in [3.8, 4) is 0 Å². The second-order valence-electron chi connectivity index (χ2n) is 4.84. The third-order valence-corrected chi connectivity index (χ3v) is 3.70. The molecule has 0 spiro atoms. The zero-order valence-electron chi connectivity index (χ0n) is 10.4. The molecule has 1 aromatic rings. The second-order valence-corrected chi connectivity index (χ2v) is 5.24. The molecule has 2 N–H and O–H groups in total. The number of nitrogens with one attached hydrogen (secondary N) is 1. The van der Waals surface area contributed by atoms with Crippen LogP contribution in [0.25, 0.3) is 0 Å². The molecule has 6 nitrogen and oxygen atoms in total. The maximum absolute atomic E-state index is 10.6. The van der Waals surface area contributed by atoms with Gasteiger partial charge < -0.3 is 10.4 Å². The molecule has 1 aliphatic carbocycles. The number of hydrogen-bond donors (Lipinski definition) is 2. The average molecular weight is 286 g/mol. The van der Waals surface area contributed by atoms with Gasteiger partial charge in [-0.15, -0.1) is 0 Å². The summed E-state index contributed by atoms with van der Waals surface area (Å²) in [6, 6.07) is 1.29. The summed E-state index contributed by atoms with van der Waals surface area (Å²) in [7, 11) is 0. The summed E-state index contributed by atoms with van der Waals surface area (Å²) in [4.78, 5) is 14.0. The van der Waals surface area contributed by atoms with E-state index >= 15 is 0 Å². The van der Waals surface area contributed by atoms with Crippen LogP contribution < -0.4 is 5.32 Å². The number of rotatable bonds is 4. The largest absolute Gasteiger partial charge is 0.393 e. The quantitative estimate of drug-likeness (QED) is 0.656. The normalized spacial score (nSPS) is 23.1. The number of nitrogens with zero attached hydrogens (tertiary/aromatic N) is 2. The van der Waals surface area contributed by atoms with Crippen molar-refractivity contribution in [1.82, 2.24) is 4.98 Å². The van der Waals surface area contributed by atoms with Crippen molar-refractivity contribution in [2.24, 2.45) is 5.92 Å². The Hall–Kier alpha value is -1.40. The molecule has 19 heavy (non-hydrogen) atoms. The molecule has 1 fully saturated rings. The molecule has 0 aromatic carbocycles. The van der Waals surface area contributed by atoms with Crippen LogP contribution in [0.3, 0.4) is 0 Å². The highest BCUT2D eigenvalue weighted by Crippen LogP contribution is 2.27. The number of halogens is 1. The van der Waals surface area contributed by atoms with Crippen LogP contribution in [0.2, 0.25) is 5.02 Å². The summed E-state index contributed by atoms with van der Waals surface area (Å²) in [6.07, 6.45) is 4.62. The fourth-order valence-electron chi connectivity index (χ4n) is 2.25. The molecule has 2 rings (SSSR count). The lowest BCUT2D eigenvalue weighted by Gasteiger charge is -2.25. The Kier molecular flexibility index (Phi) is 4.55. The Morgan fingerprint density at radius 3 is 2.74 bits per heavy atom. The average Bonchev–Trinajstić information content (AvgIpc) is 2.39. The van der Waals surface area contributed by atoms with Gasteiger partial charge in [-0.3, -0.25) is 10.1 Å². The summed E-state index contributed by atoms with van der Waals surface area (Å²) in [5.74, 6) is 0.954. The van der Waals surface area contributed by atoms with Crippen LogP contribution in [0.15, 0.2) is 12.3 Å². The monoisotopic (exact) mass is 285 g/mol. The van der Waals surface area contributed by atoms with Crippen LogP contribution in [0.4, 0.5) is 11.5 Å². The summed E-state index contributed by atoms with van der Waals surface area (Å²) in [5.41, 5.74) is -0.115.